The average Bonchev–Trinajstić information content (AvgIpc) is 2.41. The third kappa shape index (κ3) is 3.52. The van der Waals surface area contributed by atoms with E-state index in [1.807, 2.05) is 6.92 Å². The molecule has 2 nitrogen and oxygen atoms in total. The predicted molar refractivity (Wildman–Crippen MR) is 75.7 cm³/mol. The van der Waals surface area contributed by atoms with Crippen LogP contribution in [0.5, 0.6) is 0 Å². The first-order valence-corrected chi connectivity index (χ1v) is 6.78. The van der Waals surface area contributed by atoms with E-state index < -0.39 is 17.7 Å². The lowest BCUT2D eigenvalue weighted by Gasteiger charge is -2.20. The van der Waals surface area contributed by atoms with Crippen LogP contribution in [0.3, 0.4) is 0 Å². The summed E-state index contributed by atoms with van der Waals surface area (Å²) in [6.45, 7) is 2.69. The molecule has 2 aromatic rings. The summed E-state index contributed by atoms with van der Waals surface area (Å²) in [5.41, 5.74) is 1.01. The van der Waals surface area contributed by atoms with E-state index in [1.54, 1.807) is 12.1 Å². The van der Waals surface area contributed by atoms with Crippen molar-refractivity contribution >= 4 is 11.6 Å². The van der Waals surface area contributed by atoms with E-state index in [4.69, 9.17) is 11.6 Å². The van der Waals surface area contributed by atoms with Gasteiger partial charge < -0.3 is 5.32 Å². The fourth-order valence-electron chi connectivity index (χ4n) is 2.02. The number of benzene rings is 1. The van der Waals surface area contributed by atoms with E-state index in [-0.39, 0.29) is 0 Å². The van der Waals surface area contributed by atoms with Crippen LogP contribution in [-0.4, -0.2) is 11.5 Å². The van der Waals surface area contributed by atoms with Crippen molar-refractivity contribution < 1.29 is 8.78 Å². The highest BCUT2D eigenvalue weighted by molar-refractivity contribution is 6.30. The summed E-state index contributed by atoms with van der Waals surface area (Å²) < 4.78 is 27.4. The number of hydrogen-bond acceptors (Lipinski definition) is 2. The Hall–Kier alpha value is -1.52. The zero-order valence-electron chi connectivity index (χ0n) is 11.0. The largest absolute Gasteiger partial charge is 0.306 e. The smallest absolute Gasteiger partial charge is 0.141 e. The van der Waals surface area contributed by atoms with Crippen molar-refractivity contribution in [1.29, 1.82) is 0 Å². The Kier molecular flexibility index (Phi) is 5.04. The van der Waals surface area contributed by atoms with Crippen LogP contribution >= 0.6 is 11.6 Å². The third-order valence-electron chi connectivity index (χ3n) is 2.93. The van der Waals surface area contributed by atoms with Crippen LogP contribution in [0.1, 0.15) is 30.5 Å². The molecule has 1 N–H and O–H groups in total. The fraction of sp³-hybridized carbons (Fsp3) is 0.267. The SMILES string of the molecule is CCCNC(c1cncc(F)c1)c1ccc(Cl)cc1F. The Bertz CT molecular complexity index is 590. The average molecular weight is 297 g/mol. The first kappa shape index (κ1) is 14.9. The lowest BCUT2D eigenvalue weighted by Crippen LogP contribution is -2.24. The minimum atomic E-state index is -0.449. The number of halogens is 3. The molecule has 20 heavy (non-hydrogen) atoms. The molecule has 1 aromatic carbocycles. The number of aromatic nitrogens is 1. The molecule has 1 unspecified atom stereocenters. The van der Waals surface area contributed by atoms with Gasteiger partial charge in [0.05, 0.1) is 12.2 Å². The fourth-order valence-corrected chi connectivity index (χ4v) is 2.18. The van der Waals surface area contributed by atoms with Crippen LogP contribution < -0.4 is 5.32 Å². The molecule has 0 aliphatic rings. The van der Waals surface area contributed by atoms with Gasteiger partial charge in [0, 0.05) is 16.8 Å². The molecule has 2 rings (SSSR count). The second-order valence-corrected chi connectivity index (χ2v) is 4.93. The van der Waals surface area contributed by atoms with Gasteiger partial charge in [-0.15, -0.1) is 0 Å². The lowest BCUT2D eigenvalue weighted by atomic mass is 9.99. The molecular formula is C15H15ClF2N2. The van der Waals surface area contributed by atoms with Gasteiger partial charge >= 0.3 is 0 Å². The predicted octanol–water partition coefficient (Wildman–Crippen LogP) is 4.10. The zero-order chi connectivity index (χ0) is 14.5. The highest BCUT2D eigenvalue weighted by Crippen LogP contribution is 2.26. The summed E-state index contributed by atoms with van der Waals surface area (Å²) >= 11 is 5.76. The third-order valence-corrected chi connectivity index (χ3v) is 3.17. The van der Waals surface area contributed by atoms with Gasteiger partial charge in [0.25, 0.3) is 0 Å². The van der Waals surface area contributed by atoms with Gasteiger partial charge in [0.1, 0.15) is 11.6 Å². The summed E-state index contributed by atoms with van der Waals surface area (Å²) in [7, 11) is 0. The molecule has 1 aromatic heterocycles. The van der Waals surface area contributed by atoms with Gasteiger partial charge in [-0.05, 0) is 36.7 Å². The maximum Gasteiger partial charge on any atom is 0.141 e. The molecule has 0 bridgehead atoms. The molecule has 1 heterocycles. The van der Waals surface area contributed by atoms with Crippen molar-refractivity contribution in [2.75, 3.05) is 6.54 Å². The summed E-state index contributed by atoms with van der Waals surface area (Å²) in [4.78, 5) is 3.82. The first-order valence-electron chi connectivity index (χ1n) is 6.40. The Balaban J connectivity index is 2.41. The van der Waals surface area contributed by atoms with Crippen LogP contribution in [0.4, 0.5) is 8.78 Å². The Morgan fingerprint density at radius 3 is 2.70 bits per heavy atom. The molecule has 0 radical (unpaired) electrons. The van der Waals surface area contributed by atoms with Crippen molar-refractivity contribution in [2.45, 2.75) is 19.4 Å². The molecule has 1 atom stereocenters. The van der Waals surface area contributed by atoms with Gasteiger partial charge in [-0.2, -0.15) is 0 Å². The minimum Gasteiger partial charge on any atom is -0.306 e. The topological polar surface area (TPSA) is 24.9 Å². The van der Waals surface area contributed by atoms with Crippen molar-refractivity contribution in [3.8, 4) is 0 Å². The lowest BCUT2D eigenvalue weighted by molar-refractivity contribution is 0.541. The van der Waals surface area contributed by atoms with Crippen LogP contribution in [-0.2, 0) is 0 Å². The van der Waals surface area contributed by atoms with Crippen molar-refractivity contribution in [2.24, 2.45) is 0 Å². The molecule has 5 heteroatoms. The quantitative estimate of drug-likeness (QED) is 0.898. The van der Waals surface area contributed by atoms with Gasteiger partial charge in [-0.3, -0.25) is 4.98 Å². The number of pyridine rings is 1. The van der Waals surface area contributed by atoms with E-state index in [2.05, 4.69) is 10.3 Å². The highest BCUT2D eigenvalue weighted by atomic mass is 35.5. The Morgan fingerprint density at radius 2 is 2.05 bits per heavy atom. The second-order valence-electron chi connectivity index (χ2n) is 4.49. The number of rotatable bonds is 5. The standard InChI is InChI=1S/C15H15ClF2N2/c1-2-5-20-15(10-6-12(17)9-19-8-10)13-4-3-11(16)7-14(13)18/h3-4,6-9,15,20H,2,5H2,1H3. The molecule has 0 aliphatic heterocycles. The maximum atomic E-state index is 14.1. The van der Waals surface area contributed by atoms with E-state index in [1.165, 1.54) is 18.3 Å². The molecule has 0 saturated carbocycles. The minimum absolute atomic E-state index is 0.331. The highest BCUT2D eigenvalue weighted by Gasteiger charge is 2.18. The number of hydrogen-bond donors (Lipinski definition) is 1. The monoisotopic (exact) mass is 296 g/mol. The molecule has 0 spiro atoms. The summed E-state index contributed by atoms with van der Waals surface area (Å²) in [6.07, 6.45) is 3.54. The second kappa shape index (κ2) is 6.77. The van der Waals surface area contributed by atoms with Crippen LogP contribution in [0.2, 0.25) is 5.02 Å². The van der Waals surface area contributed by atoms with E-state index in [9.17, 15) is 8.78 Å². The Labute approximate surface area is 121 Å². The van der Waals surface area contributed by atoms with Gasteiger partial charge in [-0.1, -0.05) is 24.6 Å². The van der Waals surface area contributed by atoms with Crippen molar-refractivity contribution in [3.63, 3.8) is 0 Å². The molecule has 106 valence electrons. The van der Waals surface area contributed by atoms with Crippen LogP contribution in [0.25, 0.3) is 0 Å². The van der Waals surface area contributed by atoms with Crippen LogP contribution in [0.15, 0.2) is 36.7 Å². The number of nitrogens with zero attached hydrogens (tertiary/aromatic N) is 1. The molecular weight excluding hydrogens is 282 g/mol. The van der Waals surface area contributed by atoms with Gasteiger partial charge in [0.15, 0.2) is 0 Å². The molecule has 0 saturated heterocycles. The van der Waals surface area contributed by atoms with E-state index in [0.29, 0.717) is 22.7 Å². The summed E-state index contributed by atoms with van der Waals surface area (Å²) in [6, 6.07) is 5.39. The maximum absolute atomic E-state index is 14.1. The number of nitrogens with one attached hydrogen (secondary N) is 1. The van der Waals surface area contributed by atoms with Gasteiger partial charge in [0.2, 0.25) is 0 Å². The zero-order valence-corrected chi connectivity index (χ0v) is 11.8. The van der Waals surface area contributed by atoms with E-state index in [0.717, 1.165) is 12.6 Å². The summed E-state index contributed by atoms with van der Waals surface area (Å²) in [5, 5.41) is 3.53. The molecule has 0 amide bonds. The molecule has 0 aliphatic carbocycles. The van der Waals surface area contributed by atoms with Crippen molar-refractivity contribution in [1.82, 2.24) is 10.3 Å². The van der Waals surface area contributed by atoms with Crippen molar-refractivity contribution in [3.05, 3.63) is 64.4 Å². The van der Waals surface area contributed by atoms with E-state index >= 15 is 0 Å². The summed E-state index contributed by atoms with van der Waals surface area (Å²) in [5.74, 6) is -0.865. The molecule has 0 fully saturated rings. The van der Waals surface area contributed by atoms with Gasteiger partial charge in [-0.25, -0.2) is 8.78 Å². The normalized spacial score (nSPS) is 12.4. The van der Waals surface area contributed by atoms with Crippen LogP contribution in [0, 0.1) is 11.6 Å². The first-order chi connectivity index (χ1) is 9.61. The Morgan fingerprint density at radius 1 is 1.25 bits per heavy atom.